The SMILES string of the molecule is Cc1cc(NC(=O)CC2CCCC2)n(-c2nc3c(cnn3-c3ccccc3)c(=O)[nH]2)n1. The number of carbonyl (C=O) groups excluding carboxylic acids is 1. The molecular weight excluding hydrogens is 394 g/mol. The van der Waals surface area contributed by atoms with Crippen molar-refractivity contribution in [1.29, 1.82) is 0 Å². The Hall–Kier alpha value is -3.75. The van der Waals surface area contributed by atoms with E-state index in [4.69, 9.17) is 0 Å². The average molecular weight is 417 g/mol. The fraction of sp³-hybridized carbons (Fsp3) is 0.318. The number of para-hydroxylation sites is 1. The molecule has 0 saturated heterocycles. The summed E-state index contributed by atoms with van der Waals surface area (Å²) in [5.41, 5.74) is 1.60. The zero-order chi connectivity index (χ0) is 21.4. The minimum Gasteiger partial charge on any atom is -0.310 e. The fourth-order valence-electron chi connectivity index (χ4n) is 4.19. The van der Waals surface area contributed by atoms with Gasteiger partial charge < -0.3 is 5.32 Å². The Bertz CT molecular complexity index is 1300. The van der Waals surface area contributed by atoms with Gasteiger partial charge in [-0.15, -0.1) is 0 Å². The number of nitrogens with zero attached hydrogens (tertiary/aromatic N) is 5. The summed E-state index contributed by atoms with van der Waals surface area (Å²) in [5.74, 6) is 1.09. The van der Waals surface area contributed by atoms with Crippen LogP contribution in [0.5, 0.6) is 0 Å². The number of nitrogens with one attached hydrogen (secondary N) is 2. The number of hydrogen-bond acceptors (Lipinski definition) is 5. The van der Waals surface area contributed by atoms with Crippen LogP contribution in [0.25, 0.3) is 22.7 Å². The molecule has 0 aliphatic heterocycles. The van der Waals surface area contributed by atoms with Crippen LogP contribution in [-0.2, 0) is 4.79 Å². The summed E-state index contributed by atoms with van der Waals surface area (Å²) >= 11 is 0. The van der Waals surface area contributed by atoms with Crippen LogP contribution in [0.1, 0.15) is 37.8 Å². The van der Waals surface area contributed by atoms with Gasteiger partial charge in [-0.3, -0.25) is 14.6 Å². The smallest absolute Gasteiger partial charge is 0.263 e. The molecule has 0 radical (unpaired) electrons. The van der Waals surface area contributed by atoms with Gasteiger partial charge in [0, 0.05) is 12.5 Å². The number of aryl methyl sites for hydroxylation is 1. The number of hydrogen-bond donors (Lipinski definition) is 2. The molecule has 4 aromatic rings. The third kappa shape index (κ3) is 3.74. The van der Waals surface area contributed by atoms with E-state index < -0.39 is 0 Å². The Morgan fingerprint density at radius 2 is 1.97 bits per heavy atom. The first-order valence-corrected chi connectivity index (χ1v) is 10.5. The lowest BCUT2D eigenvalue weighted by atomic mass is 10.0. The van der Waals surface area contributed by atoms with Gasteiger partial charge in [-0.1, -0.05) is 31.0 Å². The summed E-state index contributed by atoms with van der Waals surface area (Å²) in [6.45, 7) is 1.83. The van der Waals surface area contributed by atoms with Crippen LogP contribution in [0.4, 0.5) is 5.82 Å². The second-order valence-corrected chi connectivity index (χ2v) is 8.00. The van der Waals surface area contributed by atoms with Crippen LogP contribution in [0.2, 0.25) is 0 Å². The van der Waals surface area contributed by atoms with Gasteiger partial charge >= 0.3 is 0 Å². The number of amides is 1. The molecule has 2 N–H and O–H groups in total. The van der Waals surface area contributed by atoms with Crippen molar-refractivity contribution in [3.63, 3.8) is 0 Å². The van der Waals surface area contributed by atoms with E-state index >= 15 is 0 Å². The van der Waals surface area contributed by atoms with Crippen molar-refractivity contribution in [2.24, 2.45) is 5.92 Å². The normalized spacial score (nSPS) is 14.4. The number of H-pyrrole nitrogens is 1. The Morgan fingerprint density at radius 3 is 2.74 bits per heavy atom. The summed E-state index contributed by atoms with van der Waals surface area (Å²) < 4.78 is 3.08. The van der Waals surface area contributed by atoms with Crippen LogP contribution >= 0.6 is 0 Å². The molecule has 3 heterocycles. The first-order chi connectivity index (χ1) is 15.1. The maximum atomic E-state index is 12.7. The molecular formula is C22H23N7O2. The van der Waals surface area contributed by atoms with E-state index in [1.165, 1.54) is 23.7 Å². The van der Waals surface area contributed by atoms with Crippen molar-refractivity contribution in [3.8, 4) is 11.6 Å². The van der Waals surface area contributed by atoms with Gasteiger partial charge in [0.15, 0.2) is 5.65 Å². The number of benzene rings is 1. The lowest BCUT2D eigenvalue weighted by molar-refractivity contribution is -0.117. The highest BCUT2D eigenvalue weighted by Gasteiger charge is 2.21. The van der Waals surface area contributed by atoms with Crippen molar-refractivity contribution in [3.05, 3.63) is 58.6 Å². The molecule has 3 aromatic heterocycles. The van der Waals surface area contributed by atoms with E-state index in [0.29, 0.717) is 34.9 Å². The van der Waals surface area contributed by atoms with E-state index in [-0.39, 0.29) is 17.4 Å². The lowest BCUT2D eigenvalue weighted by Gasteiger charge is -2.11. The molecule has 5 rings (SSSR count). The highest BCUT2D eigenvalue weighted by atomic mass is 16.1. The molecule has 1 aromatic carbocycles. The van der Waals surface area contributed by atoms with Gasteiger partial charge in [0.25, 0.3) is 5.56 Å². The molecule has 1 fully saturated rings. The molecule has 1 amide bonds. The predicted molar refractivity (Wildman–Crippen MR) is 117 cm³/mol. The second kappa shape index (κ2) is 7.82. The molecule has 9 heteroatoms. The predicted octanol–water partition coefficient (Wildman–Crippen LogP) is 3.12. The Labute approximate surface area is 178 Å². The van der Waals surface area contributed by atoms with Crippen LogP contribution < -0.4 is 10.9 Å². The topological polar surface area (TPSA) is 110 Å². The van der Waals surface area contributed by atoms with E-state index in [2.05, 4.69) is 25.5 Å². The van der Waals surface area contributed by atoms with Crippen LogP contribution in [0.3, 0.4) is 0 Å². The lowest BCUT2D eigenvalue weighted by Crippen LogP contribution is -2.20. The van der Waals surface area contributed by atoms with Crippen molar-refractivity contribution < 1.29 is 4.79 Å². The maximum Gasteiger partial charge on any atom is 0.263 e. The number of aromatic amines is 1. The number of carbonyl (C=O) groups is 1. The summed E-state index contributed by atoms with van der Waals surface area (Å²) in [7, 11) is 0. The number of aromatic nitrogens is 6. The molecule has 1 aliphatic carbocycles. The molecule has 0 bridgehead atoms. The van der Waals surface area contributed by atoms with Gasteiger partial charge in [0.1, 0.15) is 11.2 Å². The molecule has 0 atom stereocenters. The van der Waals surface area contributed by atoms with Gasteiger partial charge in [0.05, 0.1) is 17.6 Å². The Morgan fingerprint density at radius 1 is 1.19 bits per heavy atom. The van der Waals surface area contributed by atoms with Crippen molar-refractivity contribution in [2.45, 2.75) is 39.0 Å². The highest BCUT2D eigenvalue weighted by Crippen LogP contribution is 2.28. The summed E-state index contributed by atoms with van der Waals surface area (Å²) in [4.78, 5) is 32.7. The maximum absolute atomic E-state index is 12.7. The van der Waals surface area contributed by atoms with E-state index in [9.17, 15) is 9.59 Å². The van der Waals surface area contributed by atoms with Gasteiger partial charge in [-0.05, 0) is 37.8 Å². The van der Waals surface area contributed by atoms with E-state index in [1.807, 2.05) is 37.3 Å². The first-order valence-electron chi connectivity index (χ1n) is 10.5. The Balaban J connectivity index is 1.52. The Kier molecular flexibility index (Phi) is 4.85. The highest BCUT2D eigenvalue weighted by molar-refractivity contribution is 5.90. The first kappa shape index (κ1) is 19.2. The van der Waals surface area contributed by atoms with Crippen LogP contribution in [0, 0.1) is 12.8 Å². The van der Waals surface area contributed by atoms with Crippen molar-refractivity contribution in [2.75, 3.05) is 5.32 Å². The summed E-state index contributed by atoms with van der Waals surface area (Å²) in [6.07, 6.45) is 6.57. The fourth-order valence-corrected chi connectivity index (χ4v) is 4.19. The van der Waals surface area contributed by atoms with E-state index in [0.717, 1.165) is 18.5 Å². The monoisotopic (exact) mass is 417 g/mol. The molecule has 9 nitrogen and oxygen atoms in total. The van der Waals surface area contributed by atoms with Gasteiger partial charge in [-0.2, -0.15) is 19.9 Å². The third-order valence-electron chi connectivity index (χ3n) is 5.67. The van der Waals surface area contributed by atoms with Crippen molar-refractivity contribution in [1.82, 2.24) is 29.5 Å². The van der Waals surface area contributed by atoms with Gasteiger partial charge in [0.2, 0.25) is 11.9 Å². The third-order valence-corrected chi connectivity index (χ3v) is 5.67. The minimum atomic E-state index is -0.321. The quantitative estimate of drug-likeness (QED) is 0.518. The summed E-state index contributed by atoms with van der Waals surface area (Å²) in [6, 6.07) is 11.3. The largest absolute Gasteiger partial charge is 0.310 e. The second-order valence-electron chi connectivity index (χ2n) is 8.00. The number of fused-ring (bicyclic) bond motifs is 1. The molecule has 1 aliphatic rings. The standard InChI is InChI=1S/C22H23N7O2/c1-14-11-18(24-19(30)12-15-7-5-6-8-15)29(27-14)22-25-20-17(21(31)26-22)13-23-28(20)16-9-3-2-4-10-16/h2-4,9-11,13,15H,5-8,12H2,1H3,(H,24,30)(H,25,26,31). The zero-order valence-corrected chi connectivity index (χ0v) is 17.2. The average Bonchev–Trinajstić information content (AvgIpc) is 3.49. The zero-order valence-electron chi connectivity index (χ0n) is 17.2. The van der Waals surface area contributed by atoms with Crippen LogP contribution in [-0.4, -0.2) is 35.4 Å². The van der Waals surface area contributed by atoms with Gasteiger partial charge in [-0.25, -0.2) is 4.68 Å². The van der Waals surface area contributed by atoms with Crippen LogP contribution in [0.15, 0.2) is 47.4 Å². The molecule has 158 valence electrons. The minimum absolute atomic E-state index is 0.0502. The molecule has 0 spiro atoms. The summed E-state index contributed by atoms with van der Waals surface area (Å²) in [5, 5.41) is 12.1. The molecule has 31 heavy (non-hydrogen) atoms. The van der Waals surface area contributed by atoms with Crippen molar-refractivity contribution >= 4 is 22.8 Å². The van der Waals surface area contributed by atoms with E-state index in [1.54, 1.807) is 10.7 Å². The molecule has 1 saturated carbocycles. The molecule has 0 unspecified atom stereocenters. The number of rotatable bonds is 5. The number of anilines is 1.